The molecule has 0 radical (unpaired) electrons. The van der Waals surface area contributed by atoms with Gasteiger partial charge in [-0.3, -0.25) is 0 Å². The van der Waals surface area contributed by atoms with Crippen LogP contribution in [0, 0.1) is 0 Å². The smallest absolute Gasteiger partial charge is 0.338 e. The molecule has 6 atom stereocenters. The molecular weight excluding hydrogens is 640 g/mol. The monoisotopic (exact) mass is 702 g/mol. The molecule has 0 aromatic heterocycles. The van der Waals surface area contributed by atoms with E-state index < -0.39 is 42.7 Å². The summed E-state index contributed by atoms with van der Waals surface area (Å²) in [5.41, 5.74) is 18.9. The summed E-state index contributed by atoms with van der Waals surface area (Å²) in [4.78, 5) is 19.1. The largest absolute Gasteiger partial charge is 0.455 e. The van der Waals surface area contributed by atoms with Crippen LogP contribution in [0.5, 0.6) is 0 Å². The normalized spacial score (nSPS) is 20.8. The minimum Gasteiger partial charge on any atom is -0.455 e. The molecule has 1 fully saturated rings. The van der Waals surface area contributed by atoms with Crippen LogP contribution >= 0.6 is 0 Å². The molecule has 1 aliphatic rings. The average Bonchev–Trinajstić information content (AvgIpc) is 3.14. The topological polar surface area (TPSA) is 170 Å². The quantitative estimate of drug-likeness (QED) is 0.0252. The summed E-state index contributed by atoms with van der Waals surface area (Å²) < 4.78 is 35.9. The Labute approximate surface area is 299 Å². The van der Waals surface area contributed by atoms with E-state index in [0.29, 0.717) is 25.4 Å². The zero-order valence-corrected chi connectivity index (χ0v) is 30.7. The van der Waals surface area contributed by atoms with Crippen LogP contribution in [0.3, 0.4) is 0 Å². The summed E-state index contributed by atoms with van der Waals surface area (Å²) >= 11 is 0. The first kappa shape index (κ1) is 43.3. The number of hydrogen-bond donors (Lipinski definition) is 0. The van der Waals surface area contributed by atoms with Gasteiger partial charge in [0.25, 0.3) is 0 Å². The fourth-order valence-corrected chi connectivity index (χ4v) is 5.94. The van der Waals surface area contributed by atoms with Crippen LogP contribution in [0.1, 0.15) is 127 Å². The molecular formula is C37H62N6O7. The third-order valence-electron chi connectivity index (χ3n) is 8.91. The lowest BCUT2D eigenvalue weighted by molar-refractivity contribution is -0.270. The average molecular weight is 703 g/mol. The molecule has 2 rings (SSSR count). The van der Waals surface area contributed by atoms with Crippen LogP contribution in [-0.4, -0.2) is 82.8 Å². The van der Waals surface area contributed by atoms with Gasteiger partial charge >= 0.3 is 5.97 Å². The molecule has 282 valence electrons. The molecule has 0 spiro atoms. The number of hydrogen-bond acceptors (Lipinski definition) is 9. The Kier molecular flexibility index (Phi) is 24.9. The second-order valence-corrected chi connectivity index (χ2v) is 12.9. The Hall–Kier alpha value is -2.89. The zero-order valence-electron chi connectivity index (χ0n) is 30.7. The van der Waals surface area contributed by atoms with Gasteiger partial charge in [-0.25, -0.2) is 4.79 Å². The Morgan fingerprint density at radius 3 is 1.98 bits per heavy atom. The number of unbranched alkanes of at least 4 members (excludes halogenated alkanes) is 14. The molecule has 50 heavy (non-hydrogen) atoms. The number of ether oxygens (including phenoxy) is 6. The molecule has 13 heteroatoms. The second kappa shape index (κ2) is 28.8. The molecule has 3 unspecified atom stereocenters. The Morgan fingerprint density at radius 1 is 0.780 bits per heavy atom. The summed E-state index contributed by atoms with van der Waals surface area (Å²) in [6, 6.07) is 7.41. The van der Waals surface area contributed by atoms with Crippen molar-refractivity contribution in [1.82, 2.24) is 0 Å². The van der Waals surface area contributed by atoms with Crippen LogP contribution < -0.4 is 0 Å². The number of carbonyl (C=O) groups is 1. The summed E-state index contributed by atoms with van der Waals surface area (Å²) in [5.74, 6) is -0.618. The van der Waals surface area contributed by atoms with Crippen LogP contribution in [0.2, 0.25) is 0 Å². The van der Waals surface area contributed by atoms with Crippen LogP contribution in [-0.2, 0) is 28.4 Å². The molecule has 1 aromatic rings. The van der Waals surface area contributed by atoms with Crippen molar-refractivity contribution in [2.75, 3.05) is 40.1 Å². The molecule has 0 bridgehead atoms. The van der Waals surface area contributed by atoms with Crippen molar-refractivity contribution in [3.63, 3.8) is 0 Å². The van der Waals surface area contributed by atoms with Crippen molar-refractivity contribution >= 4 is 5.97 Å². The molecule has 0 N–H and O–H groups in total. The van der Waals surface area contributed by atoms with Crippen LogP contribution in [0.4, 0.5) is 0 Å². The third kappa shape index (κ3) is 17.9. The first-order valence-corrected chi connectivity index (χ1v) is 18.9. The van der Waals surface area contributed by atoms with E-state index in [1.165, 1.54) is 77.0 Å². The van der Waals surface area contributed by atoms with E-state index in [9.17, 15) is 10.3 Å². The highest BCUT2D eigenvalue weighted by atomic mass is 16.7. The molecule has 0 saturated carbocycles. The molecule has 0 aliphatic carbocycles. The van der Waals surface area contributed by atoms with Gasteiger partial charge in [0.2, 0.25) is 0 Å². The number of benzene rings is 1. The fraction of sp³-hybridized carbons (Fsp3) is 0.811. The van der Waals surface area contributed by atoms with E-state index in [4.69, 9.17) is 34.0 Å². The zero-order chi connectivity index (χ0) is 36.1. The number of nitrogens with zero attached hydrogens (tertiary/aromatic N) is 6. The van der Waals surface area contributed by atoms with Crippen molar-refractivity contribution < 1.29 is 33.2 Å². The van der Waals surface area contributed by atoms with Crippen molar-refractivity contribution in [3.05, 3.63) is 56.8 Å². The number of methoxy groups -OCH3 is 1. The summed E-state index contributed by atoms with van der Waals surface area (Å²) in [6.07, 6.45) is 15.5. The molecule has 1 saturated heterocycles. The molecule has 1 aromatic carbocycles. The van der Waals surface area contributed by atoms with E-state index in [0.717, 1.165) is 25.7 Å². The molecule has 1 heterocycles. The highest BCUT2D eigenvalue weighted by Gasteiger charge is 2.49. The minimum atomic E-state index is -1.13. The fourth-order valence-electron chi connectivity index (χ4n) is 5.94. The second-order valence-electron chi connectivity index (χ2n) is 12.9. The van der Waals surface area contributed by atoms with Gasteiger partial charge in [-0.15, -0.1) is 0 Å². The van der Waals surface area contributed by atoms with Gasteiger partial charge in [-0.05, 0) is 36.0 Å². The SMILES string of the molecule is CCCCCCCCCCCCCCCCOCC(CO[C@H]1OC(CN=[N+]=[N-])[C@H](OCCCC)C(OC(=O)c2ccccc2)[C@@H]1N=[N+]=[N-])OC. The van der Waals surface area contributed by atoms with E-state index in [1.807, 2.05) is 6.92 Å². The predicted molar refractivity (Wildman–Crippen MR) is 194 cm³/mol. The van der Waals surface area contributed by atoms with Gasteiger partial charge in [0, 0.05) is 30.1 Å². The van der Waals surface area contributed by atoms with Crippen molar-refractivity contribution in [3.8, 4) is 0 Å². The van der Waals surface area contributed by atoms with Gasteiger partial charge in [0.15, 0.2) is 6.29 Å². The Bertz CT molecular complexity index is 1100. The molecule has 0 amide bonds. The molecule has 13 nitrogen and oxygen atoms in total. The standard InChI is InChI=1S/C37H62N6O7/c1-4-6-8-9-10-11-12-13-14-15-16-17-18-22-25-46-28-31(45-3)29-48-37-33(41-43-39)35(50-36(44)30-23-20-19-21-24-30)34(47-26-7-5-2)32(49-37)27-40-42-38/h19-21,23-24,31-35,37H,4-18,22,25-29H2,1-3H3/t31?,32?,33-,34-,35?,37-/m0/s1. The summed E-state index contributed by atoms with van der Waals surface area (Å²) in [5, 5.41) is 7.64. The van der Waals surface area contributed by atoms with Crippen LogP contribution in [0.15, 0.2) is 40.6 Å². The maximum absolute atomic E-state index is 13.2. The number of esters is 1. The highest BCUT2D eigenvalue weighted by Crippen LogP contribution is 2.31. The minimum absolute atomic E-state index is 0.0618. The van der Waals surface area contributed by atoms with Crippen molar-refractivity contribution in [1.29, 1.82) is 0 Å². The van der Waals surface area contributed by atoms with E-state index in [1.54, 1.807) is 37.4 Å². The Morgan fingerprint density at radius 2 is 1.40 bits per heavy atom. The van der Waals surface area contributed by atoms with Gasteiger partial charge in [0.1, 0.15) is 24.4 Å². The van der Waals surface area contributed by atoms with E-state index in [-0.39, 0.29) is 13.2 Å². The van der Waals surface area contributed by atoms with Gasteiger partial charge in [-0.2, -0.15) is 0 Å². The first-order chi connectivity index (χ1) is 24.6. The summed E-state index contributed by atoms with van der Waals surface area (Å²) in [6.45, 7) is 5.52. The maximum Gasteiger partial charge on any atom is 0.338 e. The number of rotatable bonds is 30. The predicted octanol–water partition coefficient (Wildman–Crippen LogP) is 9.64. The molecule has 1 aliphatic heterocycles. The lowest BCUT2D eigenvalue weighted by Gasteiger charge is -2.44. The van der Waals surface area contributed by atoms with Crippen LogP contribution in [0.25, 0.3) is 20.9 Å². The third-order valence-corrected chi connectivity index (χ3v) is 8.91. The first-order valence-electron chi connectivity index (χ1n) is 18.9. The lowest BCUT2D eigenvalue weighted by Crippen LogP contribution is -2.60. The van der Waals surface area contributed by atoms with E-state index in [2.05, 4.69) is 27.0 Å². The van der Waals surface area contributed by atoms with Crippen molar-refractivity contribution in [2.45, 2.75) is 153 Å². The van der Waals surface area contributed by atoms with Gasteiger partial charge < -0.3 is 28.4 Å². The highest BCUT2D eigenvalue weighted by molar-refractivity contribution is 5.89. The number of azide groups is 2. The number of carbonyl (C=O) groups excluding carboxylic acids is 1. The van der Waals surface area contributed by atoms with Gasteiger partial charge in [-0.1, -0.05) is 132 Å². The summed E-state index contributed by atoms with van der Waals surface area (Å²) in [7, 11) is 1.57. The van der Waals surface area contributed by atoms with Crippen molar-refractivity contribution in [2.24, 2.45) is 10.2 Å². The van der Waals surface area contributed by atoms with E-state index >= 15 is 0 Å². The van der Waals surface area contributed by atoms with Gasteiger partial charge in [0.05, 0.1) is 31.4 Å². The Balaban J connectivity index is 1.86. The maximum atomic E-state index is 13.2. The lowest BCUT2D eigenvalue weighted by atomic mass is 9.96.